The maximum Gasteiger partial charge on any atom is 0.123 e. The zero-order valence-electron chi connectivity index (χ0n) is 10.1. The second-order valence-corrected chi connectivity index (χ2v) is 4.44. The van der Waals surface area contributed by atoms with Crippen molar-refractivity contribution in [1.82, 2.24) is 4.98 Å². The maximum absolute atomic E-state index is 8.64. The van der Waals surface area contributed by atoms with Gasteiger partial charge >= 0.3 is 0 Å². The molecule has 5 heteroatoms. The molecule has 2 rings (SSSR count). The van der Waals surface area contributed by atoms with Crippen LogP contribution in [0.4, 0.5) is 0 Å². The van der Waals surface area contributed by atoms with E-state index in [4.69, 9.17) is 14.7 Å². The van der Waals surface area contributed by atoms with E-state index < -0.39 is 0 Å². The first-order valence-electron chi connectivity index (χ1n) is 5.31. The molecule has 0 fully saturated rings. The molecule has 1 aromatic carbocycles. The SMILES string of the molecule is COc1cc(OC)cc(-c2nc(CC#N)cs2)c1. The fourth-order valence-electron chi connectivity index (χ4n) is 1.53. The van der Waals surface area contributed by atoms with Crippen LogP contribution in [0.1, 0.15) is 5.69 Å². The molecule has 0 aliphatic carbocycles. The topological polar surface area (TPSA) is 55.1 Å². The molecule has 0 saturated carbocycles. The van der Waals surface area contributed by atoms with Gasteiger partial charge in [0.1, 0.15) is 16.5 Å². The lowest BCUT2D eigenvalue weighted by molar-refractivity contribution is 0.394. The van der Waals surface area contributed by atoms with Crippen LogP contribution in [0.2, 0.25) is 0 Å². The number of hydrogen-bond acceptors (Lipinski definition) is 5. The molecule has 0 unspecified atom stereocenters. The van der Waals surface area contributed by atoms with Crippen molar-refractivity contribution in [1.29, 1.82) is 5.26 Å². The largest absolute Gasteiger partial charge is 0.497 e. The highest BCUT2D eigenvalue weighted by Crippen LogP contribution is 2.31. The average Bonchev–Trinajstić information content (AvgIpc) is 2.87. The molecule has 0 aliphatic rings. The summed E-state index contributed by atoms with van der Waals surface area (Å²) in [6.45, 7) is 0. The van der Waals surface area contributed by atoms with Crippen LogP contribution in [0, 0.1) is 11.3 Å². The van der Waals surface area contributed by atoms with E-state index in [1.54, 1.807) is 14.2 Å². The number of hydrogen-bond donors (Lipinski definition) is 0. The van der Waals surface area contributed by atoms with Crippen molar-refractivity contribution in [2.45, 2.75) is 6.42 Å². The van der Waals surface area contributed by atoms with Gasteiger partial charge < -0.3 is 9.47 Å². The van der Waals surface area contributed by atoms with Crippen LogP contribution in [0.5, 0.6) is 11.5 Å². The summed E-state index contributed by atoms with van der Waals surface area (Å²) in [5.41, 5.74) is 1.72. The van der Waals surface area contributed by atoms with Crippen LogP contribution in [0.3, 0.4) is 0 Å². The van der Waals surface area contributed by atoms with Crippen molar-refractivity contribution in [3.63, 3.8) is 0 Å². The lowest BCUT2D eigenvalue weighted by Gasteiger charge is -2.06. The molecule has 0 atom stereocenters. The number of methoxy groups -OCH3 is 2. The van der Waals surface area contributed by atoms with E-state index in [1.807, 2.05) is 23.6 Å². The minimum atomic E-state index is 0.331. The summed E-state index contributed by atoms with van der Waals surface area (Å²) in [7, 11) is 3.23. The van der Waals surface area contributed by atoms with Crippen LogP contribution in [0.25, 0.3) is 10.6 Å². The summed E-state index contributed by atoms with van der Waals surface area (Å²) < 4.78 is 10.4. The van der Waals surface area contributed by atoms with Gasteiger partial charge in [-0.15, -0.1) is 11.3 Å². The monoisotopic (exact) mass is 260 g/mol. The highest BCUT2D eigenvalue weighted by atomic mass is 32.1. The Hall–Kier alpha value is -2.06. The Morgan fingerprint density at radius 1 is 1.22 bits per heavy atom. The van der Waals surface area contributed by atoms with Gasteiger partial charge in [0.25, 0.3) is 0 Å². The first kappa shape index (κ1) is 12.4. The summed E-state index contributed by atoms with van der Waals surface area (Å²) in [6.07, 6.45) is 0.331. The number of benzene rings is 1. The molecule has 1 aromatic heterocycles. The molecule has 92 valence electrons. The predicted octanol–water partition coefficient (Wildman–Crippen LogP) is 2.89. The van der Waals surface area contributed by atoms with Crippen LogP contribution in [-0.2, 0) is 6.42 Å². The quantitative estimate of drug-likeness (QED) is 0.848. The lowest BCUT2D eigenvalue weighted by Crippen LogP contribution is -1.89. The van der Waals surface area contributed by atoms with E-state index >= 15 is 0 Å². The summed E-state index contributed by atoms with van der Waals surface area (Å²) >= 11 is 1.51. The number of nitrogens with zero attached hydrogens (tertiary/aromatic N) is 2. The van der Waals surface area contributed by atoms with Crippen LogP contribution in [0.15, 0.2) is 23.6 Å². The van der Waals surface area contributed by atoms with E-state index in [-0.39, 0.29) is 0 Å². The van der Waals surface area contributed by atoms with Gasteiger partial charge in [0.15, 0.2) is 0 Å². The zero-order valence-corrected chi connectivity index (χ0v) is 11.0. The number of thiazole rings is 1. The second kappa shape index (κ2) is 5.52. The lowest BCUT2D eigenvalue weighted by atomic mass is 10.2. The summed E-state index contributed by atoms with van der Waals surface area (Å²) in [5.74, 6) is 1.45. The summed E-state index contributed by atoms with van der Waals surface area (Å²) in [6, 6.07) is 7.70. The standard InChI is InChI=1S/C13H12N2O2S/c1-16-11-5-9(6-12(7-11)17-2)13-15-10(3-4-14)8-18-13/h5-8H,3H2,1-2H3. The molecule has 0 saturated heterocycles. The summed E-state index contributed by atoms with van der Waals surface area (Å²) in [4.78, 5) is 4.41. The molecule has 0 spiro atoms. The highest BCUT2D eigenvalue weighted by molar-refractivity contribution is 7.13. The molecule has 0 radical (unpaired) electrons. The molecule has 4 nitrogen and oxygen atoms in total. The Kier molecular flexibility index (Phi) is 3.80. The molecule has 18 heavy (non-hydrogen) atoms. The third kappa shape index (κ3) is 2.60. The molecule has 0 aliphatic heterocycles. The van der Waals surface area contributed by atoms with Crippen molar-refractivity contribution in [2.24, 2.45) is 0 Å². The normalized spacial score (nSPS) is 9.83. The Morgan fingerprint density at radius 3 is 2.44 bits per heavy atom. The number of ether oxygens (including phenoxy) is 2. The van der Waals surface area contributed by atoms with Crippen molar-refractivity contribution >= 4 is 11.3 Å². The van der Waals surface area contributed by atoms with Crippen LogP contribution < -0.4 is 9.47 Å². The van der Waals surface area contributed by atoms with E-state index in [2.05, 4.69) is 11.1 Å². The van der Waals surface area contributed by atoms with Gasteiger partial charge in [-0.3, -0.25) is 0 Å². The van der Waals surface area contributed by atoms with Crippen molar-refractivity contribution < 1.29 is 9.47 Å². The molecule has 2 aromatic rings. The van der Waals surface area contributed by atoms with E-state index in [0.29, 0.717) is 6.42 Å². The van der Waals surface area contributed by atoms with Crippen molar-refractivity contribution in [3.05, 3.63) is 29.3 Å². The molecule has 0 N–H and O–H groups in total. The molecular weight excluding hydrogens is 248 g/mol. The third-order valence-electron chi connectivity index (χ3n) is 2.41. The van der Waals surface area contributed by atoms with Crippen LogP contribution >= 0.6 is 11.3 Å². The fourth-order valence-corrected chi connectivity index (χ4v) is 2.34. The third-order valence-corrected chi connectivity index (χ3v) is 3.35. The predicted molar refractivity (Wildman–Crippen MR) is 70.0 cm³/mol. The molecular formula is C13H12N2O2S. The minimum Gasteiger partial charge on any atom is -0.497 e. The number of aromatic nitrogens is 1. The second-order valence-electron chi connectivity index (χ2n) is 3.58. The average molecular weight is 260 g/mol. The smallest absolute Gasteiger partial charge is 0.123 e. The Morgan fingerprint density at radius 2 is 1.89 bits per heavy atom. The van der Waals surface area contributed by atoms with Gasteiger partial charge in [0.2, 0.25) is 0 Å². The van der Waals surface area contributed by atoms with E-state index in [1.165, 1.54) is 11.3 Å². The Labute approximate surface area is 109 Å². The molecule has 1 heterocycles. The summed E-state index contributed by atoms with van der Waals surface area (Å²) in [5, 5.41) is 11.4. The first-order chi connectivity index (χ1) is 8.76. The Balaban J connectivity index is 2.39. The Bertz CT molecular complexity index is 565. The zero-order chi connectivity index (χ0) is 13.0. The van der Waals surface area contributed by atoms with Crippen molar-refractivity contribution in [3.8, 4) is 28.1 Å². The maximum atomic E-state index is 8.64. The molecule has 0 amide bonds. The van der Waals surface area contributed by atoms with Gasteiger partial charge in [-0.2, -0.15) is 5.26 Å². The number of rotatable bonds is 4. The molecule has 0 bridgehead atoms. The van der Waals surface area contributed by atoms with Gasteiger partial charge in [0.05, 0.1) is 32.4 Å². The van der Waals surface area contributed by atoms with Gasteiger partial charge in [-0.05, 0) is 12.1 Å². The van der Waals surface area contributed by atoms with Crippen molar-refractivity contribution in [2.75, 3.05) is 14.2 Å². The first-order valence-corrected chi connectivity index (χ1v) is 6.19. The minimum absolute atomic E-state index is 0.331. The highest BCUT2D eigenvalue weighted by Gasteiger charge is 2.08. The van der Waals surface area contributed by atoms with Gasteiger partial charge in [-0.1, -0.05) is 0 Å². The number of nitriles is 1. The van der Waals surface area contributed by atoms with Crippen LogP contribution in [-0.4, -0.2) is 19.2 Å². The van der Waals surface area contributed by atoms with Gasteiger partial charge in [0, 0.05) is 17.0 Å². The van der Waals surface area contributed by atoms with Gasteiger partial charge in [-0.25, -0.2) is 4.98 Å². The van der Waals surface area contributed by atoms with E-state index in [0.717, 1.165) is 27.8 Å². The fraction of sp³-hybridized carbons (Fsp3) is 0.231. The van der Waals surface area contributed by atoms with E-state index in [9.17, 15) is 0 Å².